The van der Waals surface area contributed by atoms with Crippen molar-refractivity contribution in [2.24, 2.45) is 0 Å². The number of benzene rings is 1. The van der Waals surface area contributed by atoms with Crippen LogP contribution in [-0.4, -0.2) is 21.6 Å². The topological polar surface area (TPSA) is 46.9 Å². The molecule has 0 radical (unpaired) electrons. The number of para-hydroxylation sites is 1. The summed E-state index contributed by atoms with van der Waals surface area (Å²) in [5.74, 6) is -0.0879. The van der Waals surface area contributed by atoms with Gasteiger partial charge in [-0.15, -0.1) is 0 Å². The molecule has 0 aliphatic carbocycles. The molecule has 0 saturated carbocycles. The number of halogens is 3. The molecule has 0 spiro atoms. The molecule has 2 aromatic rings. The standard InChI is InChI=1S/C12H12F3N3O/c1-7-16-9-4-3-5-10(17-8(2)19)11(9)18(7)6-12(13,14)15/h3-5H,6H2,1-2H3,(H,17,19). The summed E-state index contributed by atoms with van der Waals surface area (Å²) >= 11 is 0. The van der Waals surface area contributed by atoms with Gasteiger partial charge in [-0.05, 0) is 19.1 Å². The molecule has 19 heavy (non-hydrogen) atoms. The number of carbonyl (C=O) groups excluding carboxylic acids is 1. The molecule has 0 aliphatic heterocycles. The molecule has 0 bridgehead atoms. The van der Waals surface area contributed by atoms with Crippen LogP contribution >= 0.6 is 0 Å². The highest BCUT2D eigenvalue weighted by Gasteiger charge is 2.30. The van der Waals surface area contributed by atoms with Crippen LogP contribution < -0.4 is 5.32 Å². The number of hydrogen-bond acceptors (Lipinski definition) is 2. The maximum Gasteiger partial charge on any atom is 0.406 e. The fourth-order valence-corrected chi connectivity index (χ4v) is 1.96. The predicted octanol–water partition coefficient (Wildman–Crippen LogP) is 2.87. The van der Waals surface area contributed by atoms with Gasteiger partial charge in [0.15, 0.2) is 0 Å². The van der Waals surface area contributed by atoms with Crippen LogP contribution in [-0.2, 0) is 11.3 Å². The monoisotopic (exact) mass is 271 g/mol. The number of imidazole rings is 1. The van der Waals surface area contributed by atoms with E-state index in [4.69, 9.17) is 0 Å². The lowest BCUT2D eigenvalue weighted by molar-refractivity contribution is -0.140. The fourth-order valence-electron chi connectivity index (χ4n) is 1.96. The number of aryl methyl sites for hydroxylation is 1. The minimum absolute atomic E-state index is 0.255. The number of hydrogen-bond donors (Lipinski definition) is 1. The lowest BCUT2D eigenvalue weighted by Crippen LogP contribution is -2.19. The van der Waals surface area contributed by atoms with Gasteiger partial charge in [0.25, 0.3) is 0 Å². The van der Waals surface area contributed by atoms with E-state index in [1.165, 1.54) is 13.8 Å². The van der Waals surface area contributed by atoms with Gasteiger partial charge in [0.05, 0.1) is 16.7 Å². The van der Waals surface area contributed by atoms with Gasteiger partial charge in [-0.25, -0.2) is 4.98 Å². The van der Waals surface area contributed by atoms with Gasteiger partial charge in [-0.1, -0.05) is 6.07 Å². The van der Waals surface area contributed by atoms with Crippen molar-refractivity contribution in [3.8, 4) is 0 Å². The van der Waals surface area contributed by atoms with Crippen LogP contribution in [0.5, 0.6) is 0 Å². The summed E-state index contributed by atoms with van der Waals surface area (Å²) in [4.78, 5) is 15.2. The Kier molecular flexibility index (Phi) is 3.21. The number of nitrogens with one attached hydrogen (secondary N) is 1. The van der Waals surface area contributed by atoms with Crippen molar-refractivity contribution in [1.82, 2.24) is 9.55 Å². The molecule has 1 amide bonds. The lowest BCUT2D eigenvalue weighted by atomic mass is 10.2. The van der Waals surface area contributed by atoms with Crippen LogP contribution in [0.2, 0.25) is 0 Å². The summed E-state index contributed by atoms with van der Waals surface area (Å²) in [5, 5.41) is 2.52. The Labute approximate surface area is 107 Å². The van der Waals surface area contributed by atoms with Gasteiger partial charge < -0.3 is 9.88 Å². The second-order valence-corrected chi connectivity index (χ2v) is 4.21. The molecule has 0 saturated heterocycles. The summed E-state index contributed by atoms with van der Waals surface area (Å²) in [5.41, 5.74) is 1.04. The highest BCUT2D eigenvalue weighted by molar-refractivity contribution is 5.98. The smallest absolute Gasteiger partial charge is 0.324 e. The summed E-state index contributed by atoms with van der Waals surface area (Å²) in [6.45, 7) is 1.67. The third-order valence-corrected chi connectivity index (χ3v) is 2.61. The molecular formula is C12H12F3N3O. The molecule has 1 aromatic carbocycles. The van der Waals surface area contributed by atoms with Crippen molar-refractivity contribution >= 4 is 22.6 Å². The van der Waals surface area contributed by atoms with Gasteiger partial charge in [0.2, 0.25) is 5.91 Å². The van der Waals surface area contributed by atoms with Crippen LogP contribution in [0.1, 0.15) is 12.7 Å². The van der Waals surface area contributed by atoms with E-state index in [2.05, 4.69) is 10.3 Å². The summed E-state index contributed by atoms with van der Waals surface area (Å²) in [7, 11) is 0. The van der Waals surface area contributed by atoms with Crippen molar-refractivity contribution < 1.29 is 18.0 Å². The first-order chi connectivity index (χ1) is 8.78. The number of anilines is 1. The lowest BCUT2D eigenvalue weighted by Gasteiger charge is -2.12. The third-order valence-electron chi connectivity index (χ3n) is 2.61. The van der Waals surface area contributed by atoms with E-state index in [-0.39, 0.29) is 17.2 Å². The van der Waals surface area contributed by atoms with Gasteiger partial charge in [-0.3, -0.25) is 4.79 Å². The molecule has 4 nitrogen and oxygen atoms in total. The average Bonchev–Trinajstić information content (AvgIpc) is 2.53. The van der Waals surface area contributed by atoms with Gasteiger partial charge in [0, 0.05) is 6.92 Å². The van der Waals surface area contributed by atoms with E-state index in [9.17, 15) is 18.0 Å². The van der Waals surface area contributed by atoms with Crippen LogP contribution in [0.15, 0.2) is 18.2 Å². The van der Waals surface area contributed by atoms with Crippen molar-refractivity contribution in [2.45, 2.75) is 26.6 Å². The van der Waals surface area contributed by atoms with Crippen molar-refractivity contribution in [3.63, 3.8) is 0 Å². The summed E-state index contributed by atoms with van der Waals surface area (Å²) in [6.07, 6.45) is -4.35. The van der Waals surface area contributed by atoms with Gasteiger partial charge in [-0.2, -0.15) is 13.2 Å². The molecule has 1 aromatic heterocycles. The van der Waals surface area contributed by atoms with Gasteiger partial charge >= 0.3 is 6.18 Å². The van der Waals surface area contributed by atoms with Crippen LogP contribution in [0.25, 0.3) is 11.0 Å². The molecule has 1 heterocycles. The van der Waals surface area contributed by atoms with E-state index in [0.29, 0.717) is 11.2 Å². The Hall–Kier alpha value is -2.05. The highest BCUT2D eigenvalue weighted by atomic mass is 19.4. The van der Waals surface area contributed by atoms with E-state index >= 15 is 0 Å². The van der Waals surface area contributed by atoms with Crippen LogP contribution in [0.3, 0.4) is 0 Å². The number of fused-ring (bicyclic) bond motifs is 1. The average molecular weight is 271 g/mol. The molecule has 0 atom stereocenters. The first-order valence-corrected chi connectivity index (χ1v) is 5.58. The Morgan fingerprint density at radius 2 is 2.11 bits per heavy atom. The number of alkyl halides is 3. The molecule has 102 valence electrons. The zero-order chi connectivity index (χ0) is 14.2. The SMILES string of the molecule is CC(=O)Nc1cccc2nc(C)n(CC(F)(F)F)c12. The van der Waals surface area contributed by atoms with Crippen molar-refractivity contribution in [3.05, 3.63) is 24.0 Å². The predicted molar refractivity (Wildman–Crippen MR) is 64.8 cm³/mol. The number of nitrogens with zero attached hydrogens (tertiary/aromatic N) is 2. The Morgan fingerprint density at radius 1 is 1.42 bits per heavy atom. The number of aromatic nitrogens is 2. The first kappa shape index (κ1) is 13.4. The van der Waals surface area contributed by atoms with Crippen LogP contribution in [0.4, 0.5) is 18.9 Å². The normalized spacial score (nSPS) is 11.8. The highest BCUT2D eigenvalue weighted by Crippen LogP contribution is 2.28. The number of carbonyl (C=O) groups is 1. The second kappa shape index (κ2) is 4.56. The molecule has 2 rings (SSSR count). The fraction of sp³-hybridized carbons (Fsp3) is 0.333. The van der Waals surface area contributed by atoms with E-state index in [1.807, 2.05) is 0 Å². The zero-order valence-electron chi connectivity index (χ0n) is 10.4. The Morgan fingerprint density at radius 3 is 2.68 bits per heavy atom. The summed E-state index contributed by atoms with van der Waals surface area (Å²) < 4.78 is 38.8. The van der Waals surface area contributed by atoms with E-state index in [1.54, 1.807) is 18.2 Å². The Bertz CT molecular complexity index is 631. The van der Waals surface area contributed by atoms with E-state index in [0.717, 1.165) is 4.57 Å². The maximum absolute atomic E-state index is 12.6. The quantitative estimate of drug-likeness (QED) is 0.913. The molecule has 0 aliphatic rings. The number of amides is 1. The minimum Gasteiger partial charge on any atom is -0.324 e. The second-order valence-electron chi connectivity index (χ2n) is 4.21. The third kappa shape index (κ3) is 2.86. The molecular weight excluding hydrogens is 259 g/mol. The minimum atomic E-state index is -4.35. The first-order valence-electron chi connectivity index (χ1n) is 5.58. The molecule has 7 heteroatoms. The summed E-state index contributed by atoms with van der Waals surface area (Å²) in [6, 6.07) is 4.80. The van der Waals surface area contributed by atoms with Crippen LogP contribution in [0, 0.1) is 6.92 Å². The van der Waals surface area contributed by atoms with Crippen molar-refractivity contribution in [1.29, 1.82) is 0 Å². The van der Waals surface area contributed by atoms with Gasteiger partial charge in [0.1, 0.15) is 12.4 Å². The molecule has 0 fully saturated rings. The Balaban J connectivity index is 2.61. The maximum atomic E-state index is 12.6. The zero-order valence-corrected chi connectivity index (χ0v) is 10.4. The largest absolute Gasteiger partial charge is 0.406 e. The van der Waals surface area contributed by atoms with E-state index < -0.39 is 12.7 Å². The number of rotatable bonds is 2. The molecule has 0 unspecified atom stereocenters. The van der Waals surface area contributed by atoms with Crippen molar-refractivity contribution in [2.75, 3.05) is 5.32 Å². The molecule has 1 N–H and O–H groups in total.